The van der Waals surface area contributed by atoms with Crippen molar-refractivity contribution in [1.82, 2.24) is 4.98 Å². The zero-order valence-corrected chi connectivity index (χ0v) is 10.2. The summed E-state index contributed by atoms with van der Waals surface area (Å²) in [7, 11) is 1.60. The molecule has 2 rings (SSSR count). The zero-order valence-electron chi connectivity index (χ0n) is 10.2. The Morgan fingerprint density at radius 1 is 1.47 bits per heavy atom. The van der Waals surface area contributed by atoms with Gasteiger partial charge in [0.25, 0.3) is 0 Å². The van der Waals surface area contributed by atoms with Gasteiger partial charge in [0.05, 0.1) is 12.8 Å². The highest BCUT2D eigenvalue weighted by atomic mass is 16.5. The van der Waals surface area contributed by atoms with Gasteiger partial charge in [0.15, 0.2) is 5.82 Å². The van der Waals surface area contributed by atoms with Gasteiger partial charge in [-0.15, -0.1) is 0 Å². The monoisotopic (exact) mass is 233 g/mol. The normalized spacial score (nSPS) is 14.5. The number of allylic oxidation sites excluding steroid dienone is 1. The number of nitrogens with two attached hydrogens (primary N) is 1. The van der Waals surface area contributed by atoms with Crippen LogP contribution in [-0.2, 0) is 0 Å². The third-order valence-electron chi connectivity index (χ3n) is 2.98. The molecule has 1 aliphatic rings. The number of aromatic nitrogens is 1. The van der Waals surface area contributed by atoms with Crippen LogP contribution in [-0.4, -0.2) is 18.6 Å². The second-order valence-electron chi connectivity index (χ2n) is 4.22. The lowest BCUT2D eigenvalue weighted by molar-refractivity contribution is 0.398. The Morgan fingerprint density at radius 3 is 3.06 bits per heavy atom. The van der Waals surface area contributed by atoms with Crippen LogP contribution in [0.25, 0.3) is 0 Å². The molecule has 3 N–H and O–H groups in total. The molecule has 0 saturated carbocycles. The average Bonchev–Trinajstić information content (AvgIpc) is 2.84. The van der Waals surface area contributed by atoms with Crippen molar-refractivity contribution in [2.75, 3.05) is 24.7 Å². The van der Waals surface area contributed by atoms with Crippen LogP contribution in [0, 0.1) is 0 Å². The number of anilines is 2. The number of hydrogen-bond acceptors (Lipinski definition) is 4. The number of nitrogens with one attached hydrogen (secondary N) is 1. The van der Waals surface area contributed by atoms with Crippen molar-refractivity contribution in [2.24, 2.45) is 0 Å². The van der Waals surface area contributed by atoms with E-state index in [9.17, 15) is 0 Å². The van der Waals surface area contributed by atoms with Gasteiger partial charge in [-0.2, -0.15) is 4.98 Å². The van der Waals surface area contributed by atoms with Crippen LogP contribution in [0.2, 0.25) is 0 Å². The molecule has 0 aromatic carbocycles. The molecule has 0 radical (unpaired) electrons. The fourth-order valence-corrected chi connectivity index (χ4v) is 2.01. The van der Waals surface area contributed by atoms with Gasteiger partial charge < -0.3 is 15.8 Å². The Morgan fingerprint density at radius 2 is 2.35 bits per heavy atom. The van der Waals surface area contributed by atoms with E-state index >= 15 is 0 Å². The van der Waals surface area contributed by atoms with Gasteiger partial charge in [-0.1, -0.05) is 11.6 Å². The first-order valence-corrected chi connectivity index (χ1v) is 6.02. The number of ether oxygens (including phenoxy) is 1. The molecule has 0 amide bonds. The predicted molar refractivity (Wildman–Crippen MR) is 70.2 cm³/mol. The van der Waals surface area contributed by atoms with E-state index in [1.165, 1.54) is 19.3 Å². The molecule has 4 heteroatoms. The van der Waals surface area contributed by atoms with Crippen LogP contribution in [0.1, 0.15) is 25.7 Å². The molecule has 0 saturated heterocycles. The first-order valence-electron chi connectivity index (χ1n) is 6.02. The molecule has 17 heavy (non-hydrogen) atoms. The number of rotatable bonds is 5. The minimum Gasteiger partial charge on any atom is -0.481 e. The first kappa shape index (κ1) is 11.8. The maximum absolute atomic E-state index is 5.84. The topological polar surface area (TPSA) is 60.2 Å². The van der Waals surface area contributed by atoms with Gasteiger partial charge >= 0.3 is 0 Å². The van der Waals surface area contributed by atoms with Crippen molar-refractivity contribution in [3.8, 4) is 5.88 Å². The Bertz CT molecular complexity index is 415. The van der Waals surface area contributed by atoms with Gasteiger partial charge in [0.1, 0.15) is 0 Å². The number of hydrogen-bond donors (Lipinski definition) is 2. The average molecular weight is 233 g/mol. The molecule has 1 aliphatic carbocycles. The third kappa shape index (κ3) is 3.12. The molecule has 0 bridgehead atoms. The molecule has 4 nitrogen and oxygen atoms in total. The van der Waals surface area contributed by atoms with Crippen LogP contribution in [0.4, 0.5) is 11.5 Å². The van der Waals surface area contributed by atoms with E-state index in [0.29, 0.717) is 17.4 Å². The van der Waals surface area contributed by atoms with Crippen molar-refractivity contribution < 1.29 is 4.74 Å². The van der Waals surface area contributed by atoms with E-state index in [-0.39, 0.29) is 0 Å². The van der Waals surface area contributed by atoms with E-state index in [0.717, 1.165) is 13.0 Å². The van der Waals surface area contributed by atoms with E-state index in [1.54, 1.807) is 18.7 Å². The summed E-state index contributed by atoms with van der Waals surface area (Å²) in [6.07, 6.45) is 7.18. The Labute approximate surface area is 102 Å². The van der Waals surface area contributed by atoms with Crippen molar-refractivity contribution in [3.63, 3.8) is 0 Å². The second-order valence-corrected chi connectivity index (χ2v) is 4.22. The van der Waals surface area contributed by atoms with E-state index in [2.05, 4.69) is 16.4 Å². The molecule has 1 aromatic heterocycles. The summed E-state index contributed by atoms with van der Waals surface area (Å²) >= 11 is 0. The first-order chi connectivity index (χ1) is 8.29. The molecule has 0 unspecified atom stereocenters. The van der Waals surface area contributed by atoms with E-state index < -0.39 is 0 Å². The quantitative estimate of drug-likeness (QED) is 0.767. The summed E-state index contributed by atoms with van der Waals surface area (Å²) in [5, 5.41) is 3.26. The maximum atomic E-state index is 5.84. The standard InChI is InChI=1S/C13H19N3O/c1-17-12-7-6-11(14)13(16-12)15-9-8-10-4-2-3-5-10/h4,6-7H,2-3,5,8-9,14H2,1H3,(H,15,16). The van der Waals surface area contributed by atoms with Crippen LogP contribution in [0.15, 0.2) is 23.8 Å². The predicted octanol–water partition coefficient (Wildman–Crippen LogP) is 2.58. The third-order valence-corrected chi connectivity index (χ3v) is 2.98. The number of methoxy groups -OCH3 is 1. The van der Waals surface area contributed by atoms with Gasteiger partial charge in [-0.25, -0.2) is 0 Å². The molecule has 1 aromatic rings. The molecule has 0 aliphatic heterocycles. The highest BCUT2D eigenvalue weighted by Gasteiger charge is 2.06. The molecule has 0 spiro atoms. The zero-order chi connectivity index (χ0) is 12.1. The Hall–Kier alpha value is -1.71. The largest absolute Gasteiger partial charge is 0.481 e. The molecule has 0 fully saturated rings. The molecule has 92 valence electrons. The summed E-state index contributed by atoms with van der Waals surface area (Å²) in [5.41, 5.74) is 8.04. The van der Waals surface area contributed by atoms with Crippen molar-refractivity contribution in [1.29, 1.82) is 0 Å². The van der Waals surface area contributed by atoms with Crippen LogP contribution in [0.5, 0.6) is 5.88 Å². The van der Waals surface area contributed by atoms with Crippen LogP contribution >= 0.6 is 0 Å². The lowest BCUT2D eigenvalue weighted by atomic mass is 10.2. The number of nitrogen functional groups attached to an aromatic ring is 1. The van der Waals surface area contributed by atoms with Gasteiger partial charge in [-0.3, -0.25) is 0 Å². The maximum Gasteiger partial charge on any atom is 0.215 e. The highest BCUT2D eigenvalue weighted by Crippen LogP contribution is 2.22. The smallest absolute Gasteiger partial charge is 0.215 e. The fourth-order valence-electron chi connectivity index (χ4n) is 2.01. The number of nitrogens with zero attached hydrogens (tertiary/aromatic N) is 1. The van der Waals surface area contributed by atoms with Crippen LogP contribution in [0.3, 0.4) is 0 Å². The summed E-state index contributed by atoms with van der Waals surface area (Å²) in [4.78, 5) is 4.28. The highest BCUT2D eigenvalue weighted by molar-refractivity contribution is 5.61. The van der Waals surface area contributed by atoms with Crippen molar-refractivity contribution >= 4 is 11.5 Å². The molecular weight excluding hydrogens is 214 g/mol. The summed E-state index contributed by atoms with van der Waals surface area (Å²) in [6, 6.07) is 3.57. The van der Waals surface area contributed by atoms with E-state index in [4.69, 9.17) is 10.5 Å². The van der Waals surface area contributed by atoms with Crippen LogP contribution < -0.4 is 15.8 Å². The van der Waals surface area contributed by atoms with Gasteiger partial charge in [0, 0.05) is 12.6 Å². The number of pyridine rings is 1. The van der Waals surface area contributed by atoms with Gasteiger partial charge in [0.2, 0.25) is 5.88 Å². The second kappa shape index (κ2) is 5.57. The minimum absolute atomic E-state index is 0.585. The Kier molecular flexibility index (Phi) is 3.85. The SMILES string of the molecule is COc1ccc(N)c(NCCC2=CCCC2)n1. The summed E-state index contributed by atoms with van der Waals surface area (Å²) < 4.78 is 5.07. The fraction of sp³-hybridized carbons (Fsp3) is 0.462. The summed E-state index contributed by atoms with van der Waals surface area (Å²) in [5.74, 6) is 1.30. The molecule has 1 heterocycles. The van der Waals surface area contributed by atoms with E-state index in [1.807, 2.05) is 6.07 Å². The van der Waals surface area contributed by atoms with Crippen molar-refractivity contribution in [2.45, 2.75) is 25.7 Å². The Balaban J connectivity index is 1.89. The lowest BCUT2D eigenvalue weighted by Gasteiger charge is -2.09. The minimum atomic E-state index is 0.585. The van der Waals surface area contributed by atoms with Crippen molar-refractivity contribution in [3.05, 3.63) is 23.8 Å². The summed E-state index contributed by atoms with van der Waals surface area (Å²) in [6.45, 7) is 0.871. The molecule has 0 atom stereocenters. The van der Waals surface area contributed by atoms with Gasteiger partial charge in [-0.05, 0) is 31.7 Å². The molecular formula is C13H19N3O. The lowest BCUT2D eigenvalue weighted by Crippen LogP contribution is -2.07.